The first kappa shape index (κ1) is 14.6. The van der Waals surface area contributed by atoms with Crippen molar-refractivity contribution >= 4 is 0 Å². The molecular formula is C18H24N2O. The van der Waals surface area contributed by atoms with Gasteiger partial charge in [0, 0.05) is 12.5 Å². The summed E-state index contributed by atoms with van der Waals surface area (Å²) in [6, 6.07) is 13.1. The molecule has 2 aliphatic rings. The molecule has 1 unspecified atom stereocenters. The van der Waals surface area contributed by atoms with Gasteiger partial charge in [0.15, 0.2) is 0 Å². The fourth-order valence-electron chi connectivity index (χ4n) is 3.19. The lowest BCUT2D eigenvalue weighted by Gasteiger charge is -2.29. The summed E-state index contributed by atoms with van der Waals surface area (Å²) in [4.78, 5) is 0. The van der Waals surface area contributed by atoms with Crippen LogP contribution in [0.3, 0.4) is 0 Å². The largest absolute Gasteiger partial charge is 0.378 e. The fourth-order valence-corrected chi connectivity index (χ4v) is 3.19. The number of hydrogen-bond acceptors (Lipinski definition) is 3. The number of ether oxygens (including phenoxy) is 1. The van der Waals surface area contributed by atoms with Gasteiger partial charge in [-0.05, 0) is 31.2 Å². The first-order valence-corrected chi connectivity index (χ1v) is 8.18. The second kappa shape index (κ2) is 6.60. The average Bonchev–Trinajstić information content (AvgIpc) is 3.19. The molecule has 2 saturated carbocycles. The van der Waals surface area contributed by atoms with Gasteiger partial charge >= 0.3 is 0 Å². The van der Waals surface area contributed by atoms with E-state index in [0.29, 0.717) is 18.8 Å². The third-order valence-electron chi connectivity index (χ3n) is 4.62. The summed E-state index contributed by atoms with van der Waals surface area (Å²) in [5.41, 5.74) is 0.468. The van der Waals surface area contributed by atoms with Crippen molar-refractivity contribution in [3.63, 3.8) is 0 Å². The van der Waals surface area contributed by atoms with Crippen LogP contribution in [0, 0.1) is 11.3 Å². The van der Waals surface area contributed by atoms with Gasteiger partial charge < -0.3 is 4.74 Å². The Morgan fingerprint density at radius 1 is 1.14 bits per heavy atom. The van der Waals surface area contributed by atoms with Gasteiger partial charge in [-0.2, -0.15) is 5.26 Å². The molecule has 2 aliphatic carbocycles. The smallest absolute Gasteiger partial charge is 0.134 e. The van der Waals surface area contributed by atoms with Crippen molar-refractivity contribution in [2.75, 3.05) is 6.61 Å². The maximum Gasteiger partial charge on any atom is 0.134 e. The van der Waals surface area contributed by atoms with E-state index in [1.54, 1.807) is 0 Å². The van der Waals surface area contributed by atoms with Crippen LogP contribution in [0.15, 0.2) is 30.3 Å². The summed E-state index contributed by atoms with van der Waals surface area (Å²) < 4.78 is 5.99. The van der Waals surface area contributed by atoms with Gasteiger partial charge in [-0.25, -0.2) is 0 Å². The highest BCUT2D eigenvalue weighted by molar-refractivity contribution is 5.32. The van der Waals surface area contributed by atoms with Gasteiger partial charge in [-0.15, -0.1) is 0 Å². The molecule has 0 bridgehead atoms. The van der Waals surface area contributed by atoms with Crippen LogP contribution in [-0.2, 0) is 10.3 Å². The van der Waals surface area contributed by atoms with Gasteiger partial charge in [0.1, 0.15) is 5.54 Å². The summed E-state index contributed by atoms with van der Waals surface area (Å²) in [7, 11) is 0. The van der Waals surface area contributed by atoms with Crippen LogP contribution in [-0.4, -0.2) is 18.8 Å². The first-order chi connectivity index (χ1) is 10.3. The molecule has 21 heavy (non-hydrogen) atoms. The lowest BCUT2D eigenvalue weighted by atomic mass is 9.88. The molecule has 2 fully saturated rings. The van der Waals surface area contributed by atoms with Gasteiger partial charge in [0.05, 0.1) is 18.8 Å². The second-order valence-corrected chi connectivity index (χ2v) is 6.33. The summed E-state index contributed by atoms with van der Waals surface area (Å²) in [6.07, 6.45) is 8.43. The van der Waals surface area contributed by atoms with Crippen molar-refractivity contribution in [3.8, 4) is 6.07 Å². The molecule has 0 radical (unpaired) electrons. The van der Waals surface area contributed by atoms with Crippen molar-refractivity contribution in [2.45, 2.75) is 62.6 Å². The van der Waals surface area contributed by atoms with Crippen LogP contribution in [0.25, 0.3) is 0 Å². The molecule has 3 rings (SSSR count). The third-order valence-corrected chi connectivity index (χ3v) is 4.62. The molecule has 1 aromatic rings. The molecule has 0 aliphatic heterocycles. The Morgan fingerprint density at radius 2 is 1.86 bits per heavy atom. The van der Waals surface area contributed by atoms with Crippen molar-refractivity contribution in [3.05, 3.63) is 35.9 Å². The molecule has 3 heteroatoms. The Balaban J connectivity index is 1.67. The minimum Gasteiger partial charge on any atom is -0.378 e. The van der Waals surface area contributed by atoms with E-state index in [2.05, 4.69) is 11.4 Å². The molecule has 0 heterocycles. The summed E-state index contributed by atoms with van der Waals surface area (Å²) in [5.74, 6) is 0. The Kier molecular flexibility index (Phi) is 4.57. The maximum atomic E-state index is 9.83. The molecule has 112 valence electrons. The topological polar surface area (TPSA) is 45.0 Å². The number of nitrogens with zero attached hydrogens (tertiary/aromatic N) is 1. The van der Waals surface area contributed by atoms with Crippen LogP contribution in [0.1, 0.15) is 50.5 Å². The van der Waals surface area contributed by atoms with E-state index in [1.807, 2.05) is 30.3 Å². The van der Waals surface area contributed by atoms with Gasteiger partial charge in [-0.1, -0.05) is 43.2 Å². The lowest BCUT2D eigenvalue weighted by molar-refractivity contribution is 0.0467. The molecule has 1 atom stereocenters. The number of rotatable bonds is 7. The Bertz CT molecular complexity index is 486. The molecule has 1 N–H and O–H groups in total. The number of hydrogen-bond donors (Lipinski definition) is 1. The normalized spacial score (nSPS) is 21.9. The van der Waals surface area contributed by atoms with Gasteiger partial charge in [0.2, 0.25) is 0 Å². The first-order valence-electron chi connectivity index (χ1n) is 8.18. The quantitative estimate of drug-likeness (QED) is 0.833. The Labute approximate surface area is 127 Å². The number of nitrogens with one attached hydrogen (secondary N) is 1. The Morgan fingerprint density at radius 3 is 2.48 bits per heavy atom. The zero-order valence-corrected chi connectivity index (χ0v) is 12.6. The second-order valence-electron chi connectivity index (χ2n) is 6.33. The lowest BCUT2D eigenvalue weighted by Crippen LogP contribution is -2.43. The molecule has 0 amide bonds. The van der Waals surface area contributed by atoms with Crippen LogP contribution >= 0.6 is 0 Å². The Hall–Kier alpha value is -1.37. The van der Waals surface area contributed by atoms with E-state index in [0.717, 1.165) is 12.0 Å². The van der Waals surface area contributed by atoms with E-state index in [-0.39, 0.29) is 0 Å². The van der Waals surface area contributed by atoms with Crippen LogP contribution < -0.4 is 5.32 Å². The number of benzene rings is 1. The predicted molar refractivity (Wildman–Crippen MR) is 82.7 cm³/mol. The van der Waals surface area contributed by atoms with E-state index in [4.69, 9.17) is 4.74 Å². The van der Waals surface area contributed by atoms with Crippen molar-refractivity contribution in [1.82, 2.24) is 5.32 Å². The molecule has 0 saturated heterocycles. The van der Waals surface area contributed by atoms with E-state index < -0.39 is 5.54 Å². The minimum absolute atomic E-state index is 0.415. The SMILES string of the molecule is N#CC(CCOC1CCCC1)(NC1CC1)c1ccccc1. The van der Waals surface area contributed by atoms with Crippen LogP contribution in [0.2, 0.25) is 0 Å². The monoisotopic (exact) mass is 284 g/mol. The van der Waals surface area contributed by atoms with Crippen LogP contribution in [0.5, 0.6) is 0 Å². The van der Waals surface area contributed by atoms with Gasteiger partial charge in [-0.3, -0.25) is 5.32 Å². The standard InChI is InChI=1S/C18H24N2O/c19-14-18(20-16-10-11-16,15-6-2-1-3-7-15)12-13-21-17-8-4-5-9-17/h1-3,6-7,16-17,20H,4-5,8-13H2. The fraction of sp³-hybridized carbons (Fsp3) is 0.611. The van der Waals surface area contributed by atoms with E-state index in [1.165, 1.54) is 38.5 Å². The molecule has 0 aromatic heterocycles. The van der Waals surface area contributed by atoms with Crippen molar-refractivity contribution < 1.29 is 4.74 Å². The highest BCUT2D eigenvalue weighted by Gasteiger charge is 2.37. The predicted octanol–water partition coefficient (Wildman–Crippen LogP) is 3.51. The van der Waals surface area contributed by atoms with E-state index in [9.17, 15) is 5.26 Å². The van der Waals surface area contributed by atoms with Crippen molar-refractivity contribution in [1.29, 1.82) is 5.26 Å². The number of nitriles is 1. The zero-order chi connectivity index (χ0) is 14.5. The maximum absolute atomic E-state index is 9.83. The molecular weight excluding hydrogens is 260 g/mol. The summed E-state index contributed by atoms with van der Waals surface area (Å²) >= 11 is 0. The summed E-state index contributed by atoms with van der Waals surface area (Å²) in [6.45, 7) is 0.660. The van der Waals surface area contributed by atoms with Gasteiger partial charge in [0.25, 0.3) is 0 Å². The van der Waals surface area contributed by atoms with E-state index >= 15 is 0 Å². The van der Waals surface area contributed by atoms with Crippen LogP contribution in [0.4, 0.5) is 0 Å². The molecule has 0 spiro atoms. The third kappa shape index (κ3) is 3.64. The highest BCUT2D eigenvalue weighted by Crippen LogP contribution is 2.31. The summed E-state index contributed by atoms with van der Waals surface area (Å²) in [5, 5.41) is 13.4. The van der Waals surface area contributed by atoms with Crippen molar-refractivity contribution in [2.24, 2.45) is 0 Å². The minimum atomic E-state index is -0.596. The highest BCUT2D eigenvalue weighted by atomic mass is 16.5. The molecule has 3 nitrogen and oxygen atoms in total. The average molecular weight is 284 g/mol. The molecule has 1 aromatic carbocycles. The zero-order valence-electron chi connectivity index (χ0n) is 12.6.